The Morgan fingerprint density at radius 3 is 2.55 bits per heavy atom. The number of sulfonamides is 1. The number of rotatable bonds is 9. The first-order chi connectivity index (χ1) is 13.7. The van der Waals surface area contributed by atoms with Crippen molar-refractivity contribution in [3.8, 4) is 0 Å². The number of ether oxygens (including phenoxy) is 1. The van der Waals surface area contributed by atoms with Gasteiger partial charge in [-0.1, -0.05) is 30.3 Å². The van der Waals surface area contributed by atoms with E-state index in [-0.39, 0.29) is 10.6 Å². The van der Waals surface area contributed by atoms with Gasteiger partial charge in [0.1, 0.15) is 11.5 Å². The first-order valence-electron chi connectivity index (χ1n) is 8.28. The van der Waals surface area contributed by atoms with Crippen LogP contribution >= 0.6 is 11.3 Å². The SMILES string of the molecule is CC(OC(=O)CNS(=O)(=O)/C=C/c1ccccc1)C(=O)Nc1sccc1C(N)=O. The van der Waals surface area contributed by atoms with E-state index in [4.69, 9.17) is 10.5 Å². The van der Waals surface area contributed by atoms with Crippen LogP contribution in [0.2, 0.25) is 0 Å². The maximum atomic E-state index is 12.1. The molecule has 2 amide bonds. The zero-order chi connectivity index (χ0) is 21.4. The molecular formula is C18H19N3O6S2. The van der Waals surface area contributed by atoms with Crippen molar-refractivity contribution < 1.29 is 27.5 Å². The van der Waals surface area contributed by atoms with E-state index >= 15 is 0 Å². The molecule has 1 heterocycles. The highest BCUT2D eigenvalue weighted by Crippen LogP contribution is 2.22. The Balaban J connectivity index is 1.84. The number of carbonyl (C=O) groups is 3. The normalized spacial score (nSPS) is 12.4. The van der Waals surface area contributed by atoms with E-state index in [1.807, 2.05) is 0 Å². The fourth-order valence-corrected chi connectivity index (χ4v) is 3.59. The minimum absolute atomic E-state index is 0.139. The minimum atomic E-state index is -3.87. The molecular weight excluding hydrogens is 418 g/mol. The fourth-order valence-electron chi connectivity index (χ4n) is 2.05. The van der Waals surface area contributed by atoms with Crippen molar-refractivity contribution in [3.05, 3.63) is 58.3 Å². The van der Waals surface area contributed by atoms with Crippen LogP contribution in [-0.2, 0) is 24.3 Å². The summed E-state index contributed by atoms with van der Waals surface area (Å²) in [6.07, 6.45) is 0.163. The Labute approximate surface area is 171 Å². The van der Waals surface area contributed by atoms with Gasteiger partial charge in [0.05, 0.1) is 5.56 Å². The number of nitrogens with one attached hydrogen (secondary N) is 2. The quantitative estimate of drug-likeness (QED) is 0.504. The number of esters is 1. The van der Waals surface area contributed by atoms with Gasteiger partial charge in [-0.3, -0.25) is 14.4 Å². The molecule has 0 aliphatic rings. The zero-order valence-electron chi connectivity index (χ0n) is 15.3. The van der Waals surface area contributed by atoms with Crippen LogP contribution in [-0.4, -0.2) is 38.9 Å². The number of carbonyl (C=O) groups excluding carboxylic acids is 3. The minimum Gasteiger partial charge on any atom is -0.452 e. The van der Waals surface area contributed by atoms with Crippen molar-refractivity contribution >= 4 is 50.2 Å². The van der Waals surface area contributed by atoms with Gasteiger partial charge in [0.15, 0.2) is 6.10 Å². The predicted molar refractivity (Wildman–Crippen MR) is 109 cm³/mol. The van der Waals surface area contributed by atoms with Gasteiger partial charge in [0, 0.05) is 5.41 Å². The summed E-state index contributed by atoms with van der Waals surface area (Å²) in [7, 11) is -3.87. The molecule has 29 heavy (non-hydrogen) atoms. The van der Waals surface area contributed by atoms with E-state index in [2.05, 4.69) is 10.0 Å². The molecule has 0 spiro atoms. The van der Waals surface area contributed by atoms with Crippen LogP contribution in [0.3, 0.4) is 0 Å². The van der Waals surface area contributed by atoms with Gasteiger partial charge in [-0.15, -0.1) is 11.3 Å². The Morgan fingerprint density at radius 2 is 1.90 bits per heavy atom. The van der Waals surface area contributed by atoms with Crippen molar-refractivity contribution in [1.82, 2.24) is 4.72 Å². The second-order valence-corrected chi connectivity index (χ2v) is 8.30. The number of thiophene rings is 1. The van der Waals surface area contributed by atoms with E-state index in [0.717, 1.165) is 16.7 Å². The third-order valence-electron chi connectivity index (χ3n) is 3.50. The molecule has 0 aliphatic heterocycles. The molecule has 0 saturated carbocycles. The number of amides is 2. The van der Waals surface area contributed by atoms with E-state index in [0.29, 0.717) is 5.56 Å². The molecule has 1 aromatic heterocycles. The van der Waals surface area contributed by atoms with Crippen LogP contribution in [0.5, 0.6) is 0 Å². The van der Waals surface area contributed by atoms with Gasteiger partial charge in [0.2, 0.25) is 10.0 Å². The van der Waals surface area contributed by atoms with Crippen molar-refractivity contribution in [2.75, 3.05) is 11.9 Å². The third kappa shape index (κ3) is 7.14. The first-order valence-corrected chi connectivity index (χ1v) is 10.7. The second kappa shape index (κ2) is 9.96. The van der Waals surface area contributed by atoms with Crippen molar-refractivity contribution in [2.45, 2.75) is 13.0 Å². The van der Waals surface area contributed by atoms with Gasteiger partial charge >= 0.3 is 5.97 Å². The van der Waals surface area contributed by atoms with Gasteiger partial charge in [-0.2, -0.15) is 0 Å². The van der Waals surface area contributed by atoms with E-state index in [9.17, 15) is 22.8 Å². The molecule has 0 aliphatic carbocycles. The lowest BCUT2D eigenvalue weighted by Crippen LogP contribution is -2.35. The van der Waals surface area contributed by atoms with E-state index in [1.165, 1.54) is 19.1 Å². The lowest BCUT2D eigenvalue weighted by atomic mass is 10.2. The molecule has 2 rings (SSSR count). The maximum Gasteiger partial charge on any atom is 0.321 e. The summed E-state index contributed by atoms with van der Waals surface area (Å²) in [5, 5.41) is 5.17. The topological polar surface area (TPSA) is 145 Å². The standard InChI is InChI=1S/C18H19N3O6S2/c1-12(17(24)21-18-14(16(19)23)7-9-28-18)27-15(22)11-20-29(25,26)10-8-13-5-3-2-4-6-13/h2-10,12,20H,11H2,1H3,(H2,19,23)(H,21,24)/b10-8+. The second-order valence-electron chi connectivity index (χ2n) is 5.73. The molecule has 2 aromatic rings. The predicted octanol–water partition coefficient (Wildman–Crippen LogP) is 1.31. The summed E-state index contributed by atoms with van der Waals surface area (Å²) < 4.78 is 30.8. The smallest absolute Gasteiger partial charge is 0.321 e. The largest absolute Gasteiger partial charge is 0.452 e. The monoisotopic (exact) mass is 437 g/mol. The number of nitrogens with two attached hydrogens (primary N) is 1. The van der Waals surface area contributed by atoms with Crippen LogP contribution in [0, 0.1) is 0 Å². The molecule has 1 atom stereocenters. The average molecular weight is 437 g/mol. The summed E-state index contributed by atoms with van der Waals surface area (Å²) in [6.45, 7) is 0.666. The van der Waals surface area contributed by atoms with Crippen LogP contribution in [0.1, 0.15) is 22.8 Å². The molecule has 4 N–H and O–H groups in total. The molecule has 154 valence electrons. The number of anilines is 1. The lowest BCUT2D eigenvalue weighted by Gasteiger charge is -2.13. The average Bonchev–Trinajstić information content (AvgIpc) is 3.14. The highest BCUT2D eigenvalue weighted by atomic mass is 32.2. The van der Waals surface area contributed by atoms with Gasteiger partial charge < -0.3 is 15.8 Å². The van der Waals surface area contributed by atoms with Crippen LogP contribution in [0.15, 0.2) is 47.2 Å². The molecule has 0 radical (unpaired) electrons. The van der Waals surface area contributed by atoms with E-state index in [1.54, 1.807) is 35.7 Å². The molecule has 11 heteroatoms. The number of primary amides is 1. The molecule has 1 unspecified atom stereocenters. The summed E-state index contributed by atoms with van der Waals surface area (Å²) in [5.74, 6) is -2.33. The summed E-state index contributed by atoms with van der Waals surface area (Å²) >= 11 is 1.09. The fraction of sp³-hybridized carbons (Fsp3) is 0.167. The third-order valence-corrected chi connectivity index (χ3v) is 5.37. The van der Waals surface area contributed by atoms with E-state index < -0.39 is 40.5 Å². The van der Waals surface area contributed by atoms with Gasteiger partial charge in [-0.25, -0.2) is 13.1 Å². The Kier molecular flexibility index (Phi) is 7.65. The highest BCUT2D eigenvalue weighted by Gasteiger charge is 2.21. The van der Waals surface area contributed by atoms with Gasteiger partial charge in [0.25, 0.3) is 11.8 Å². The summed E-state index contributed by atoms with van der Waals surface area (Å²) in [5.41, 5.74) is 6.01. The molecule has 9 nitrogen and oxygen atoms in total. The summed E-state index contributed by atoms with van der Waals surface area (Å²) in [4.78, 5) is 35.2. The lowest BCUT2D eigenvalue weighted by molar-refractivity contribution is -0.151. The number of hydrogen-bond acceptors (Lipinski definition) is 7. The Hall–Kier alpha value is -3.02. The van der Waals surface area contributed by atoms with Crippen molar-refractivity contribution in [2.24, 2.45) is 5.73 Å². The Bertz CT molecular complexity index is 1020. The van der Waals surface area contributed by atoms with Crippen LogP contribution in [0.25, 0.3) is 6.08 Å². The first kappa shape index (κ1) is 22.3. The highest BCUT2D eigenvalue weighted by molar-refractivity contribution is 7.92. The van der Waals surface area contributed by atoms with Gasteiger partial charge in [-0.05, 0) is 30.0 Å². The Morgan fingerprint density at radius 1 is 1.21 bits per heavy atom. The molecule has 1 aromatic carbocycles. The van der Waals surface area contributed by atoms with Crippen LogP contribution in [0.4, 0.5) is 5.00 Å². The van der Waals surface area contributed by atoms with Crippen molar-refractivity contribution in [1.29, 1.82) is 0 Å². The zero-order valence-corrected chi connectivity index (χ0v) is 17.0. The molecule has 0 fully saturated rings. The van der Waals surface area contributed by atoms with Crippen LogP contribution < -0.4 is 15.8 Å². The summed E-state index contributed by atoms with van der Waals surface area (Å²) in [6, 6.07) is 10.2. The molecule has 0 saturated heterocycles. The number of hydrogen-bond donors (Lipinski definition) is 3. The maximum absolute atomic E-state index is 12.1. The molecule has 0 bridgehead atoms. The number of benzene rings is 1. The van der Waals surface area contributed by atoms with Crippen molar-refractivity contribution in [3.63, 3.8) is 0 Å².